The number of aliphatic hydroxyl groups is 6. The van der Waals surface area contributed by atoms with Crippen LogP contribution in [0.15, 0.2) is 65.8 Å². The largest absolute Gasteiger partial charge is 0.490 e. The van der Waals surface area contributed by atoms with E-state index in [4.69, 9.17) is 9.84 Å². The molecule has 51 heavy (non-hydrogen) atoms. The third kappa shape index (κ3) is 10.5. The lowest BCUT2D eigenvalue weighted by Gasteiger charge is -2.30. The summed E-state index contributed by atoms with van der Waals surface area (Å²) in [4.78, 5) is 20.1. The number of hydrogen-bond donors (Lipinski definition) is 7. The molecule has 2 aromatic carbocycles. The summed E-state index contributed by atoms with van der Waals surface area (Å²) in [6.07, 6.45) is 3.38. The van der Waals surface area contributed by atoms with Crippen molar-refractivity contribution < 1.29 is 40.2 Å². The van der Waals surface area contributed by atoms with Crippen molar-refractivity contribution in [2.24, 2.45) is 0 Å². The first-order valence-electron chi connectivity index (χ1n) is 18.1. The van der Waals surface area contributed by atoms with Crippen LogP contribution < -0.4 is 10.1 Å². The lowest BCUT2D eigenvalue weighted by Crippen LogP contribution is -2.53. The highest BCUT2D eigenvalue weighted by Crippen LogP contribution is 2.50. The Morgan fingerprint density at radius 2 is 1.73 bits per heavy atom. The third-order valence-electron chi connectivity index (χ3n) is 9.77. The van der Waals surface area contributed by atoms with Gasteiger partial charge in [-0.3, -0.25) is 9.78 Å². The van der Waals surface area contributed by atoms with E-state index in [1.54, 1.807) is 11.8 Å². The fourth-order valence-corrected chi connectivity index (χ4v) is 7.20. The number of para-hydroxylation sites is 1. The molecule has 0 bridgehead atoms. The molecule has 1 heterocycles. The van der Waals surface area contributed by atoms with E-state index in [9.17, 15) is 30.3 Å². The highest BCUT2D eigenvalue weighted by molar-refractivity contribution is 7.99. The molecule has 0 saturated heterocycles. The lowest BCUT2D eigenvalue weighted by molar-refractivity contribution is -0.158. The number of ether oxygens (including phenoxy) is 1. The van der Waals surface area contributed by atoms with Crippen molar-refractivity contribution in [1.82, 2.24) is 15.2 Å². The lowest BCUT2D eigenvalue weighted by atomic mass is 9.94. The maximum Gasteiger partial charge on any atom is 0.254 e. The van der Waals surface area contributed by atoms with E-state index in [2.05, 4.69) is 59.7 Å². The predicted octanol–water partition coefficient (Wildman–Crippen LogP) is 3.29. The van der Waals surface area contributed by atoms with Gasteiger partial charge in [0.15, 0.2) is 6.10 Å². The van der Waals surface area contributed by atoms with E-state index in [-0.39, 0.29) is 18.7 Å². The standard InChI is InChI=1S/C39H53N3O8S/c1-26-10-13-29(51-21-7-5-19-42(18-4-6-20-43)38(49)37(48)36(47)35(46)33(45)25-44)22-27(26)23-41-39(15-16-39)32-24-40-17-14-30(32)31-8-2-3-9-34(31)50-28-11-12-28/h2-3,8-10,13-14,17,22,24,28,33,35-37,41,43-48H,4-7,11-12,15-16,18-21,23,25H2,1H3. The molecule has 1 aromatic heterocycles. The number of amides is 1. The fraction of sp³-hybridized carbons (Fsp3) is 0.538. The molecule has 4 atom stereocenters. The van der Waals surface area contributed by atoms with Crippen LogP contribution in [0, 0.1) is 6.92 Å². The number of nitrogens with one attached hydrogen (secondary N) is 1. The maximum absolute atomic E-state index is 13.0. The molecule has 11 nitrogen and oxygen atoms in total. The molecule has 4 unspecified atom stereocenters. The predicted molar refractivity (Wildman–Crippen MR) is 196 cm³/mol. The molecule has 0 spiro atoms. The molecule has 7 N–H and O–H groups in total. The molecule has 2 fully saturated rings. The smallest absolute Gasteiger partial charge is 0.254 e. The summed E-state index contributed by atoms with van der Waals surface area (Å²) in [7, 11) is 0. The summed E-state index contributed by atoms with van der Waals surface area (Å²) in [5, 5.41) is 62.4. The number of carbonyl (C=O) groups is 1. The van der Waals surface area contributed by atoms with Gasteiger partial charge in [-0.1, -0.05) is 24.3 Å². The number of benzene rings is 2. The molecule has 278 valence electrons. The zero-order chi connectivity index (χ0) is 36.4. The van der Waals surface area contributed by atoms with Gasteiger partial charge in [0.05, 0.1) is 12.7 Å². The highest BCUT2D eigenvalue weighted by Gasteiger charge is 2.46. The molecule has 3 aromatic rings. The van der Waals surface area contributed by atoms with E-state index < -0.39 is 36.9 Å². The van der Waals surface area contributed by atoms with Crippen LogP contribution >= 0.6 is 11.8 Å². The number of thioether (sulfide) groups is 1. The molecule has 12 heteroatoms. The monoisotopic (exact) mass is 723 g/mol. The summed E-state index contributed by atoms with van der Waals surface area (Å²) < 4.78 is 6.27. The molecule has 5 rings (SSSR count). The van der Waals surface area contributed by atoms with Gasteiger partial charge in [-0.05, 0) is 111 Å². The minimum atomic E-state index is -1.96. The molecular weight excluding hydrogens is 671 g/mol. The van der Waals surface area contributed by atoms with Gasteiger partial charge in [-0.25, -0.2) is 0 Å². The molecule has 1 amide bonds. The van der Waals surface area contributed by atoms with Crippen LogP contribution in [0.25, 0.3) is 11.1 Å². The van der Waals surface area contributed by atoms with Gasteiger partial charge in [0.25, 0.3) is 5.91 Å². The number of aliphatic hydroxyl groups excluding tert-OH is 6. The summed E-state index contributed by atoms with van der Waals surface area (Å²) in [5.74, 6) is 0.971. The van der Waals surface area contributed by atoms with Crippen molar-refractivity contribution >= 4 is 17.7 Å². The van der Waals surface area contributed by atoms with Gasteiger partial charge in [-0.2, -0.15) is 0 Å². The SMILES string of the molecule is Cc1ccc(SCCCCN(CCCCO)C(=O)C(O)C(O)C(O)C(O)CO)cc1CNC1(c2cnccc2-c2ccccc2OC2CC2)CC1. The van der Waals surface area contributed by atoms with E-state index in [1.807, 2.05) is 18.5 Å². The van der Waals surface area contributed by atoms with Crippen molar-refractivity contribution in [2.75, 3.05) is 32.1 Å². The average Bonchev–Trinajstić information content (AvgIpc) is 4.10. The number of hydrogen-bond acceptors (Lipinski definition) is 11. The van der Waals surface area contributed by atoms with E-state index in [0.29, 0.717) is 31.9 Å². The molecule has 0 radical (unpaired) electrons. The first kappa shape index (κ1) is 39.1. The van der Waals surface area contributed by atoms with E-state index in [1.165, 1.54) is 21.6 Å². The Morgan fingerprint density at radius 3 is 2.43 bits per heavy atom. The highest BCUT2D eigenvalue weighted by atomic mass is 32.2. The van der Waals surface area contributed by atoms with Crippen LogP contribution in [0.3, 0.4) is 0 Å². The Bertz CT molecular complexity index is 1570. The Hall–Kier alpha value is -3.07. The molecule has 2 saturated carbocycles. The summed E-state index contributed by atoms with van der Waals surface area (Å²) in [6.45, 7) is 2.59. The van der Waals surface area contributed by atoms with Crippen LogP contribution in [-0.4, -0.2) is 109 Å². The average molecular weight is 724 g/mol. The minimum Gasteiger partial charge on any atom is -0.490 e. The van der Waals surface area contributed by atoms with Crippen molar-refractivity contribution in [2.45, 2.75) is 106 Å². The molecular formula is C39H53N3O8S. The maximum atomic E-state index is 13.0. The first-order valence-corrected chi connectivity index (χ1v) is 19.1. The van der Waals surface area contributed by atoms with Gasteiger partial charge in [0, 0.05) is 54.6 Å². The Kier molecular flexibility index (Phi) is 14.3. The van der Waals surface area contributed by atoms with Gasteiger partial charge < -0.3 is 45.6 Å². The van der Waals surface area contributed by atoms with Crippen molar-refractivity contribution in [3.8, 4) is 16.9 Å². The second kappa shape index (κ2) is 18.6. The van der Waals surface area contributed by atoms with Gasteiger partial charge >= 0.3 is 0 Å². The van der Waals surface area contributed by atoms with Gasteiger partial charge in [0.1, 0.15) is 24.1 Å². The first-order chi connectivity index (χ1) is 24.7. The number of nitrogens with zero attached hydrogens (tertiary/aromatic N) is 2. The number of rotatable bonds is 22. The summed E-state index contributed by atoms with van der Waals surface area (Å²) in [5.41, 5.74) is 5.76. The Morgan fingerprint density at radius 1 is 0.980 bits per heavy atom. The molecule has 2 aliphatic carbocycles. The van der Waals surface area contributed by atoms with Crippen LogP contribution in [0.5, 0.6) is 5.75 Å². The third-order valence-corrected chi connectivity index (χ3v) is 10.8. The molecule has 0 aliphatic heterocycles. The van der Waals surface area contributed by atoms with Gasteiger partial charge in [0.2, 0.25) is 0 Å². The second-order valence-corrected chi connectivity index (χ2v) is 14.9. The Balaban J connectivity index is 1.15. The quantitative estimate of drug-likeness (QED) is 0.0599. The number of aromatic nitrogens is 1. The number of pyridine rings is 1. The van der Waals surface area contributed by atoms with E-state index >= 15 is 0 Å². The summed E-state index contributed by atoms with van der Waals surface area (Å²) >= 11 is 1.74. The zero-order valence-corrected chi connectivity index (χ0v) is 30.2. The van der Waals surface area contributed by atoms with Crippen LogP contribution in [0.2, 0.25) is 0 Å². The van der Waals surface area contributed by atoms with Crippen molar-refractivity contribution in [3.63, 3.8) is 0 Å². The van der Waals surface area contributed by atoms with E-state index in [0.717, 1.165) is 66.2 Å². The Labute approximate surface area is 304 Å². The van der Waals surface area contributed by atoms with Gasteiger partial charge in [-0.15, -0.1) is 11.8 Å². The zero-order valence-electron chi connectivity index (χ0n) is 29.4. The van der Waals surface area contributed by atoms with Crippen LogP contribution in [-0.2, 0) is 16.9 Å². The second-order valence-electron chi connectivity index (χ2n) is 13.7. The van der Waals surface area contributed by atoms with Crippen LogP contribution in [0.4, 0.5) is 0 Å². The number of aryl methyl sites for hydroxylation is 1. The number of carbonyl (C=O) groups excluding carboxylic acids is 1. The fourth-order valence-electron chi connectivity index (χ4n) is 6.22. The van der Waals surface area contributed by atoms with Crippen LogP contribution in [0.1, 0.15) is 68.1 Å². The summed E-state index contributed by atoms with van der Waals surface area (Å²) in [6, 6.07) is 16.9. The topological polar surface area (TPSA) is 176 Å². The number of unbranched alkanes of at least 4 members (excludes halogenated alkanes) is 2. The normalized spacial score (nSPS) is 17.4. The molecule has 2 aliphatic rings. The van der Waals surface area contributed by atoms with Crippen molar-refractivity contribution in [3.05, 3.63) is 77.6 Å². The van der Waals surface area contributed by atoms with Crippen molar-refractivity contribution in [1.29, 1.82) is 0 Å². The minimum absolute atomic E-state index is 0.0326.